The number of halogens is 3. The van der Waals surface area contributed by atoms with Crippen LogP contribution in [0.25, 0.3) is 0 Å². The van der Waals surface area contributed by atoms with Crippen LogP contribution in [-0.4, -0.2) is 21.8 Å². The first kappa shape index (κ1) is 18.5. The molecular formula is C21H13F3N2O3. The van der Waals surface area contributed by atoms with Crippen LogP contribution in [0.4, 0.5) is 30.2 Å². The van der Waals surface area contributed by atoms with Crippen LogP contribution in [-0.2, 0) is 11.0 Å². The van der Waals surface area contributed by atoms with Gasteiger partial charge in [0.1, 0.15) is 17.2 Å². The van der Waals surface area contributed by atoms with E-state index in [0.717, 1.165) is 12.1 Å². The number of nitrogens with zero attached hydrogens (tertiary/aromatic N) is 2. The van der Waals surface area contributed by atoms with Crippen molar-refractivity contribution in [1.29, 1.82) is 0 Å². The standard InChI is InChI=1S/C21H13F3N2O3/c22-21(23,24)12-2-1-3-13(10-12)25-19-17-9-8-16(28)11-18(17)26(20(19)29)14-4-6-15(27)7-5-14/h1-11,27-28H. The van der Waals surface area contributed by atoms with Gasteiger partial charge in [-0.25, -0.2) is 4.99 Å². The quantitative estimate of drug-likeness (QED) is 0.644. The number of phenols is 2. The Morgan fingerprint density at radius 2 is 1.55 bits per heavy atom. The number of rotatable bonds is 2. The molecule has 1 heterocycles. The number of anilines is 2. The maximum absolute atomic E-state index is 13.1. The Labute approximate surface area is 163 Å². The van der Waals surface area contributed by atoms with Crippen molar-refractivity contribution in [2.45, 2.75) is 6.18 Å². The molecule has 0 aliphatic carbocycles. The second-order valence-electron chi connectivity index (χ2n) is 6.37. The first-order valence-electron chi connectivity index (χ1n) is 8.47. The molecule has 0 aromatic heterocycles. The van der Waals surface area contributed by atoms with Gasteiger partial charge in [-0.2, -0.15) is 13.2 Å². The summed E-state index contributed by atoms with van der Waals surface area (Å²) in [7, 11) is 0. The summed E-state index contributed by atoms with van der Waals surface area (Å²) in [4.78, 5) is 18.5. The molecule has 1 aliphatic rings. The highest BCUT2D eigenvalue weighted by molar-refractivity contribution is 6.56. The zero-order valence-electron chi connectivity index (χ0n) is 14.7. The van der Waals surface area contributed by atoms with Crippen LogP contribution in [0.15, 0.2) is 71.7 Å². The van der Waals surface area contributed by atoms with Crippen LogP contribution in [0.5, 0.6) is 11.5 Å². The number of aromatic hydroxyl groups is 2. The summed E-state index contributed by atoms with van der Waals surface area (Å²) >= 11 is 0. The topological polar surface area (TPSA) is 73.1 Å². The van der Waals surface area contributed by atoms with Crippen LogP contribution in [0.3, 0.4) is 0 Å². The highest BCUT2D eigenvalue weighted by atomic mass is 19.4. The molecule has 146 valence electrons. The maximum Gasteiger partial charge on any atom is 0.416 e. The lowest BCUT2D eigenvalue weighted by Gasteiger charge is -2.17. The van der Waals surface area contributed by atoms with Crippen molar-refractivity contribution in [2.24, 2.45) is 4.99 Å². The highest BCUT2D eigenvalue weighted by Gasteiger charge is 2.36. The van der Waals surface area contributed by atoms with E-state index < -0.39 is 17.6 Å². The van der Waals surface area contributed by atoms with Crippen LogP contribution >= 0.6 is 0 Å². The van der Waals surface area contributed by atoms with Gasteiger partial charge in [-0.05, 0) is 54.6 Å². The summed E-state index contributed by atoms with van der Waals surface area (Å²) in [6.45, 7) is 0. The van der Waals surface area contributed by atoms with E-state index in [2.05, 4.69) is 4.99 Å². The molecule has 1 amide bonds. The third-order valence-corrected chi connectivity index (χ3v) is 4.41. The number of aliphatic imine (C=N–C) groups is 1. The second-order valence-corrected chi connectivity index (χ2v) is 6.37. The van der Waals surface area contributed by atoms with Crippen molar-refractivity contribution >= 4 is 28.7 Å². The minimum Gasteiger partial charge on any atom is -0.508 e. The van der Waals surface area contributed by atoms with Gasteiger partial charge in [-0.3, -0.25) is 9.69 Å². The average molecular weight is 398 g/mol. The number of amides is 1. The summed E-state index contributed by atoms with van der Waals surface area (Å²) in [6.07, 6.45) is -4.53. The van der Waals surface area contributed by atoms with E-state index in [-0.39, 0.29) is 22.9 Å². The van der Waals surface area contributed by atoms with Gasteiger partial charge in [0.05, 0.1) is 16.9 Å². The molecule has 0 radical (unpaired) electrons. The van der Waals surface area contributed by atoms with E-state index in [0.29, 0.717) is 16.9 Å². The van der Waals surface area contributed by atoms with Gasteiger partial charge < -0.3 is 10.2 Å². The van der Waals surface area contributed by atoms with Crippen LogP contribution in [0, 0.1) is 0 Å². The monoisotopic (exact) mass is 398 g/mol. The first-order chi connectivity index (χ1) is 13.7. The van der Waals surface area contributed by atoms with Gasteiger partial charge in [0, 0.05) is 17.3 Å². The number of hydrogen-bond donors (Lipinski definition) is 2. The van der Waals surface area contributed by atoms with Crippen molar-refractivity contribution in [3.05, 3.63) is 77.9 Å². The van der Waals surface area contributed by atoms with E-state index in [1.807, 2.05) is 0 Å². The fourth-order valence-electron chi connectivity index (χ4n) is 3.08. The van der Waals surface area contributed by atoms with E-state index in [9.17, 15) is 28.2 Å². The van der Waals surface area contributed by atoms with E-state index in [1.165, 1.54) is 59.5 Å². The van der Waals surface area contributed by atoms with Gasteiger partial charge in [0.25, 0.3) is 5.91 Å². The molecule has 2 N–H and O–H groups in total. The molecule has 4 rings (SSSR count). The molecule has 29 heavy (non-hydrogen) atoms. The number of carbonyl (C=O) groups is 1. The zero-order valence-corrected chi connectivity index (χ0v) is 14.7. The van der Waals surface area contributed by atoms with Crippen molar-refractivity contribution < 1.29 is 28.2 Å². The van der Waals surface area contributed by atoms with Gasteiger partial charge in [0.15, 0.2) is 0 Å². The lowest BCUT2D eigenvalue weighted by molar-refractivity contribution is -0.137. The van der Waals surface area contributed by atoms with Crippen molar-refractivity contribution in [1.82, 2.24) is 0 Å². The Balaban J connectivity index is 1.84. The number of phenolic OH excluding ortho intramolecular Hbond substituents is 2. The maximum atomic E-state index is 13.1. The van der Waals surface area contributed by atoms with Crippen molar-refractivity contribution in [2.75, 3.05) is 4.90 Å². The van der Waals surface area contributed by atoms with E-state index >= 15 is 0 Å². The molecule has 0 bridgehead atoms. The Hall–Kier alpha value is -3.81. The Bertz CT molecular complexity index is 1140. The second kappa shape index (κ2) is 6.66. The summed E-state index contributed by atoms with van der Waals surface area (Å²) in [5, 5.41) is 19.3. The van der Waals surface area contributed by atoms with Gasteiger partial charge in [-0.1, -0.05) is 6.07 Å². The molecular weight excluding hydrogens is 385 g/mol. The normalized spacial score (nSPS) is 15.1. The zero-order chi connectivity index (χ0) is 20.8. The Morgan fingerprint density at radius 3 is 2.24 bits per heavy atom. The first-order valence-corrected chi connectivity index (χ1v) is 8.47. The van der Waals surface area contributed by atoms with E-state index in [4.69, 9.17) is 0 Å². The minimum absolute atomic E-state index is 0.00869. The van der Waals surface area contributed by atoms with Crippen LogP contribution < -0.4 is 4.90 Å². The summed E-state index contributed by atoms with van der Waals surface area (Å²) < 4.78 is 39.0. The van der Waals surface area contributed by atoms with Gasteiger partial charge in [0.2, 0.25) is 0 Å². The molecule has 0 fully saturated rings. The fraction of sp³-hybridized carbons (Fsp3) is 0.0476. The Morgan fingerprint density at radius 1 is 0.862 bits per heavy atom. The third-order valence-electron chi connectivity index (χ3n) is 4.41. The molecule has 0 atom stereocenters. The number of alkyl halides is 3. The van der Waals surface area contributed by atoms with Crippen molar-refractivity contribution in [3.63, 3.8) is 0 Å². The van der Waals surface area contributed by atoms with Crippen molar-refractivity contribution in [3.8, 4) is 11.5 Å². The molecule has 0 saturated carbocycles. The number of carbonyl (C=O) groups excluding carboxylic acids is 1. The van der Waals surface area contributed by atoms with Crippen LogP contribution in [0.1, 0.15) is 11.1 Å². The molecule has 5 nitrogen and oxygen atoms in total. The summed E-state index contributed by atoms with van der Waals surface area (Å²) in [6, 6.07) is 14.4. The Kier molecular flexibility index (Phi) is 4.26. The predicted octanol–water partition coefficient (Wildman–Crippen LogP) is 4.92. The molecule has 0 saturated heterocycles. The van der Waals surface area contributed by atoms with Gasteiger partial charge in [-0.15, -0.1) is 0 Å². The highest BCUT2D eigenvalue weighted by Crippen LogP contribution is 2.39. The fourth-order valence-corrected chi connectivity index (χ4v) is 3.08. The van der Waals surface area contributed by atoms with Crippen LogP contribution in [0.2, 0.25) is 0 Å². The smallest absolute Gasteiger partial charge is 0.416 e. The lowest BCUT2D eigenvalue weighted by atomic mass is 10.1. The van der Waals surface area contributed by atoms with Gasteiger partial charge >= 0.3 is 6.18 Å². The molecule has 3 aromatic carbocycles. The summed E-state index contributed by atoms with van der Waals surface area (Å²) in [5.74, 6) is -0.635. The van der Waals surface area contributed by atoms with E-state index in [1.54, 1.807) is 0 Å². The number of benzene rings is 3. The minimum atomic E-state index is -4.53. The molecule has 1 aliphatic heterocycles. The molecule has 0 unspecified atom stereocenters. The average Bonchev–Trinajstić information content (AvgIpc) is 2.93. The SMILES string of the molecule is O=C1C(=Nc2cccc(C(F)(F)F)c2)c2ccc(O)cc2N1c1ccc(O)cc1. The molecule has 0 spiro atoms. The number of fused-ring (bicyclic) bond motifs is 1. The summed E-state index contributed by atoms with van der Waals surface area (Å²) in [5.41, 5.74) is 0.187. The predicted molar refractivity (Wildman–Crippen MR) is 101 cm³/mol. The largest absolute Gasteiger partial charge is 0.508 e. The lowest BCUT2D eigenvalue weighted by Crippen LogP contribution is -2.25. The molecule has 3 aromatic rings. The number of hydrogen-bond acceptors (Lipinski definition) is 4. The third kappa shape index (κ3) is 3.40. The molecule has 8 heteroatoms.